The number of halogens is 2. The molecule has 0 bridgehead atoms. The molecule has 1 heterocycles. The molecule has 0 aliphatic carbocycles. The SMILES string of the molecule is O=C(O)CCCOc1ccc2cc(-c3nc(OCc4c(F)cccc4F)cc(-c4ccccc4)n3)ccc2c1. The summed E-state index contributed by atoms with van der Waals surface area (Å²) in [5, 5.41) is 10.6. The average molecular weight is 527 g/mol. The van der Waals surface area contributed by atoms with Gasteiger partial charge in [-0.15, -0.1) is 0 Å². The van der Waals surface area contributed by atoms with Gasteiger partial charge in [0.15, 0.2) is 5.82 Å². The van der Waals surface area contributed by atoms with Gasteiger partial charge in [-0.3, -0.25) is 4.79 Å². The summed E-state index contributed by atoms with van der Waals surface area (Å²) in [6.07, 6.45) is 0.481. The minimum atomic E-state index is -0.851. The second-order valence-electron chi connectivity index (χ2n) is 8.84. The van der Waals surface area contributed by atoms with Crippen LogP contribution in [0.25, 0.3) is 33.4 Å². The summed E-state index contributed by atoms with van der Waals surface area (Å²) in [5.74, 6) is -0.988. The molecule has 5 rings (SSSR count). The molecular formula is C31H24F2N2O4. The number of carbonyl (C=O) groups is 1. The number of carboxylic acid groups (broad SMARTS) is 1. The Labute approximate surface area is 223 Å². The highest BCUT2D eigenvalue weighted by Crippen LogP contribution is 2.29. The van der Waals surface area contributed by atoms with Crippen molar-refractivity contribution in [2.24, 2.45) is 0 Å². The van der Waals surface area contributed by atoms with E-state index in [1.807, 2.05) is 66.7 Å². The van der Waals surface area contributed by atoms with Crippen LogP contribution in [0.15, 0.2) is 91.0 Å². The largest absolute Gasteiger partial charge is 0.494 e. The van der Waals surface area contributed by atoms with E-state index in [1.54, 1.807) is 6.07 Å². The molecule has 196 valence electrons. The molecule has 0 atom stereocenters. The highest BCUT2D eigenvalue weighted by atomic mass is 19.1. The zero-order valence-corrected chi connectivity index (χ0v) is 20.8. The molecule has 1 aromatic heterocycles. The van der Waals surface area contributed by atoms with Gasteiger partial charge in [0.2, 0.25) is 5.88 Å². The number of nitrogens with zero attached hydrogens (tertiary/aromatic N) is 2. The third kappa shape index (κ3) is 6.35. The topological polar surface area (TPSA) is 81.5 Å². The van der Waals surface area contributed by atoms with Gasteiger partial charge in [-0.2, -0.15) is 4.98 Å². The standard InChI is InChI=1S/C31H24F2N2O4/c32-26-8-4-9-27(33)25(26)19-39-29-18-28(20-6-2-1-3-7-20)34-31(35-29)23-12-11-22-17-24(14-13-21(22)16-23)38-15-5-10-30(36)37/h1-4,6-9,11-14,16-18H,5,10,15,19H2,(H,36,37). The predicted octanol–water partition coefficient (Wildman–Crippen LogP) is 7.06. The maximum atomic E-state index is 14.2. The number of aromatic nitrogens is 2. The first-order chi connectivity index (χ1) is 19.0. The monoisotopic (exact) mass is 526 g/mol. The van der Waals surface area contributed by atoms with Crippen molar-refractivity contribution in [1.82, 2.24) is 9.97 Å². The second kappa shape index (κ2) is 11.7. The first-order valence-electron chi connectivity index (χ1n) is 12.4. The van der Waals surface area contributed by atoms with E-state index in [0.29, 0.717) is 30.3 Å². The van der Waals surface area contributed by atoms with Gasteiger partial charge in [0, 0.05) is 23.6 Å². The summed E-state index contributed by atoms with van der Waals surface area (Å²) < 4.78 is 39.7. The predicted molar refractivity (Wildman–Crippen MR) is 143 cm³/mol. The zero-order valence-electron chi connectivity index (χ0n) is 20.8. The highest BCUT2D eigenvalue weighted by Gasteiger charge is 2.14. The van der Waals surface area contributed by atoms with Crippen molar-refractivity contribution in [2.75, 3.05) is 6.61 Å². The maximum absolute atomic E-state index is 14.2. The number of hydrogen-bond donors (Lipinski definition) is 1. The van der Waals surface area contributed by atoms with Crippen molar-refractivity contribution in [2.45, 2.75) is 19.4 Å². The smallest absolute Gasteiger partial charge is 0.303 e. The Balaban J connectivity index is 1.44. The lowest BCUT2D eigenvalue weighted by Gasteiger charge is -2.12. The fourth-order valence-electron chi connectivity index (χ4n) is 4.07. The Kier molecular flexibility index (Phi) is 7.73. The molecule has 6 nitrogen and oxygen atoms in total. The van der Waals surface area contributed by atoms with Crippen molar-refractivity contribution in [3.63, 3.8) is 0 Å². The van der Waals surface area contributed by atoms with E-state index in [0.717, 1.165) is 21.9 Å². The molecule has 0 aliphatic heterocycles. The molecule has 0 aliphatic rings. The molecule has 0 radical (unpaired) electrons. The number of aliphatic carboxylic acids is 1. The lowest BCUT2D eigenvalue weighted by molar-refractivity contribution is -0.137. The third-order valence-electron chi connectivity index (χ3n) is 6.07. The molecule has 4 aromatic carbocycles. The van der Waals surface area contributed by atoms with Crippen molar-refractivity contribution in [1.29, 1.82) is 0 Å². The Bertz CT molecular complexity index is 1610. The van der Waals surface area contributed by atoms with Crippen LogP contribution in [-0.4, -0.2) is 27.7 Å². The van der Waals surface area contributed by atoms with Crippen LogP contribution in [0, 0.1) is 11.6 Å². The fourth-order valence-corrected chi connectivity index (χ4v) is 4.07. The van der Waals surface area contributed by atoms with Crippen LogP contribution in [0.3, 0.4) is 0 Å². The van der Waals surface area contributed by atoms with E-state index in [4.69, 9.17) is 19.6 Å². The van der Waals surface area contributed by atoms with Crippen LogP contribution in [0.1, 0.15) is 18.4 Å². The van der Waals surface area contributed by atoms with E-state index >= 15 is 0 Å². The highest BCUT2D eigenvalue weighted by molar-refractivity contribution is 5.87. The molecule has 0 saturated heterocycles. The van der Waals surface area contributed by atoms with Gasteiger partial charge < -0.3 is 14.6 Å². The van der Waals surface area contributed by atoms with Gasteiger partial charge in [-0.05, 0) is 47.5 Å². The molecule has 0 spiro atoms. The number of rotatable bonds is 10. The van der Waals surface area contributed by atoms with Crippen LogP contribution in [-0.2, 0) is 11.4 Å². The minimum Gasteiger partial charge on any atom is -0.494 e. The number of hydrogen-bond acceptors (Lipinski definition) is 5. The van der Waals surface area contributed by atoms with Crippen molar-refractivity contribution in [3.8, 4) is 34.3 Å². The molecule has 0 saturated carbocycles. The Hall–Kier alpha value is -4.85. The summed E-state index contributed by atoms with van der Waals surface area (Å²) in [5.41, 5.74) is 2.01. The van der Waals surface area contributed by atoms with E-state index < -0.39 is 17.6 Å². The lowest BCUT2D eigenvalue weighted by Crippen LogP contribution is -2.04. The van der Waals surface area contributed by atoms with Crippen LogP contribution in [0.5, 0.6) is 11.6 Å². The molecular weight excluding hydrogens is 502 g/mol. The molecule has 1 N–H and O–H groups in total. The Morgan fingerprint density at radius 1 is 0.769 bits per heavy atom. The number of carboxylic acids is 1. The van der Waals surface area contributed by atoms with Crippen LogP contribution in [0.4, 0.5) is 8.78 Å². The van der Waals surface area contributed by atoms with E-state index in [2.05, 4.69) is 4.98 Å². The van der Waals surface area contributed by atoms with Crippen LogP contribution in [0.2, 0.25) is 0 Å². The third-order valence-corrected chi connectivity index (χ3v) is 6.07. The first-order valence-corrected chi connectivity index (χ1v) is 12.4. The number of fused-ring (bicyclic) bond motifs is 1. The van der Waals surface area contributed by atoms with Gasteiger partial charge >= 0.3 is 5.97 Å². The minimum absolute atomic E-state index is 0.0555. The van der Waals surface area contributed by atoms with E-state index in [-0.39, 0.29) is 24.5 Å². The normalized spacial score (nSPS) is 10.9. The van der Waals surface area contributed by atoms with Gasteiger partial charge in [0.25, 0.3) is 0 Å². The summed E-state index contributed by atoms with van der Waals surface area (Å²) in [4.78, 5) is 20.0. The number of benzene rings is 4. The molecule has 5 aromatic rings. The molecule has 0 fully saturated rings. The van der Waals surface area contributed by atoms with E-state index in [9.17, 15) is 13.6 Å². The second-order valence-corrected chi connectivity index (χ2v) is 8.84. The van der Waals surface area contributed by atoms with Crippen molar-refractivity contribution < 1.29 is 28.2 Å². The summed E-state index contributed by atoms with van der Waals surface area (Å²) in [7, 11) is 0. The average Bonchev–Trinajstić information content (AvgIpc) is 2.95. The van der Waals surface area contributed by atoms with E-state index in [1.165, 1.54) is 18.2 Å². The van der Waals surface area contributed by atoms with Gasteiger partial charge in [0.1, 0.15) is 24.0 Å². The zero-order chi connectivity index (χ0) is 27.2. The van der Waals surface area contributed by atoms with Crippen LogP contribution < -0.4 is 9.47 Å². The molecule has 0 amide bonds. The van der Waals surface area contributed by atoms with Crippen molar-refractivity contribution >= 4 is 16.7 Å². The Morgan fingerprint density at radius 3 is 2.28 bits per heavy atom. The lowest BCUT2D eigenvalue weighted by atomic mass is 10.1. The maximum Gasteiger partial charge on any atom is 0.303 e. The van der Waals surface area contributed by atoms with Crippen LogP contribution >= 0.6 is 0 Å². The Morgan fingerprint density at radius 2 is 1.51 bits per heavy atom. The quantitative estimate of drug-likeness (QED) is 0.196. The first kappa shape index (κ1) is 25.8. The number of ether oxygens (including phenoxy) is 2. The van der Waals surface area contributed by atoms with Gasteiger partial charge in [0.05, 0.1) is 17.9 Å². The molecule has 0 unspecified atom stereocenters. The molecule has 39 heavy (non-hydrogen) atoms. The van der Waals surface area contributed by atoms with Gasteiger partial charge in [-0.25, -0.2) is 13.8 Å². The summed E-state index contributed by atoms with van der Waals surface area (Å²) in [6.45, 7) is -0.00822. The summed E-state index contributed by atoms with van der Waals surface area (Å²) in [6, 6.07) is 26.2. The fraction of sp³-hybridized carbons (Fsp3) is 0.129. The molecule has 8 heteroatoms. The van der Waals surface area contributed by atoms with Crippen molar-refractivity contribution in [3.05, 3.63) is 108 Å². The summed E-state index contributed by atoms with van der Waals surface area (Å²) >= 11 is 0. The van der Waals surface area contributed by atoms with Gasteiger partial charge in [-0.1, -0.05) is 54.6 Å².